The van der Waals surface area contributed by atoms with Crippen LogP contribution < -0.4 is 29.7 Å². The van der Waals surface area contributed by atoms with E-state index < -0.39 is 74.3 Å². The highest BCUT2D eigenvalue weighted by Gasteiger charge is 2.62. The molecular formula is C39H52N6O11S. The number of hydrogen-bond donors (Lipinski definition) is 3. The number of morpholine rings is 1. The Morgan fingerprint density at radius 1 is 1.04 bits per heavy atom. The predicted octanol–water partition coefficient (Wildman–Crippen LogP) is 2.17. The molecule has 57 heavy (non-hydrogen) atoms. The van der Waals surface area contributed by atoms with Crippen LogP contribution in [0.2, 0.25) is 0 Å². The molecule has 4 amide bonds. The summed E-state index contributed by atoms with van der Waals surface area (Å²) in [6, 6.07) is 5.16. The van der Waals surface area contributed by atoms with Crippen molar-refractivity contribution in [1.29, 1.82) is 0 Å². The molecule has 2 saturated carbocycles. The lowest BCUT2D eigenvalue weighted by molar-refractivity contribution is -0.141. The molecule has 1 aromatic heterocycles. The van der Waals surface area contributed by atoms with Gasteiger partial charge >= 0.3 is 6.09 Å². The van der Waals surface area contributed by atoms with Gasteiger partial charge in [-0.15, -0.1) is 0 Å². The molecule has 0 radical (unpaired) electrons. The van der Waals surface area contributed by atoms with E-state index in [1.54, 1.807) is 40.0 Å². The number of alkyl carbamates (subject to hydrolysis) is 1. The van der Waals surface area contributed by atoms with Crippen molar-refractivity contribution in [1.82, 2.24) is 25.2 Å². The molecule has 1 aromatic carbocycles. The number of rotatable bonds is 8. The van der Waals surface area contributed by atoms with E-state index in [4.69, 9.17) is 28.7 Å². The van der Waals surface area contributed by atoms with E-state index in [0.717, 1.165) is 5.39 Å². The number of pyridine rings is 1. The van der Waals surface area contributed by atoms with E-state index >= 15 is 0 Å². The minimum absolute atomic E-state index is 0.00686. The number of aromatic nitrogens is 1. The zero-order valence-corrected chi connectivity index (χ0v) is 33.6. The fourth-order valence-electron chi connectivity index (χ4n) is 7.48. The third kappa shape index (κ3) is 9.39. The van der Waals surface area contributed by atoms with Crippen LogP contribution in [0.1, 0.15) is 59.3 Å². The largest absolute Gasteiger partial charge is 0.497 e. The van der Waals surface area contributed by atoms with Crippen molar-refractivity contribution in [2.24, 2.45) is 5.92 Å². The van der Waals surface area contributed by atoms with Gasteiger partial charge in [-0.25, -0.2) is 13.2 Å². The SMILES string of the molecule is COc1ccc2c(OC3C[C@H]4C(=O)N[C@]5(C(=O)NS(=O)(=O)C6CC6)C[C@H]5C=CCCOCC[C@H](NC(=O)OC(C)(C)C)C(=O)N4C3)nc(N3CCOCC3)cc2c1. The highest BCUT2D eigenvalue weighted by atomic mass is 32.2. The molecule has 0 bridgehead atoms. The molecule has 18 heteroatoms. The Morgan fingerprint density at radius 2 is 1.79 bits per heavy atom. The molecule has 17 nitrogen and oxygen atoms in total. The van der Waals surface area contributed by atoms with E-state index in [2.05, 4.69) is 20.3 Å². The number of ether oxygens (including phenoxy) is 5. The molecule has 310 valence electrons. The first kappa shape index (κ1) is 40.5. The van der Waals surface area contributed by atoms with Gasteiger partial charge in [0.15, 0.2) is 0 Å². The van der Waals surface area contributed by atoms with Crippen LogP contribution in [0.25, 0.3) is 10.8 Å². The standard InChI is InChI=1S/C39H52N6O11S/c1-38(2,3)56-37(49)40-30-12-16-53-15-6-5-7-25-22-39(25,36(48)43-57(50,51)28-9-10-28)42-33(46)31-21-27(23-45(31)35(30)47)55-34-29-11-8-26(52-4)19-24(29)20-32(41-34)44-13-17-54-18-14-44/h5,7-8,11,19-20,25,27-28,30-31H,6,9-10,12-18,21-23H2,1-4H3,(H,40,49)(H,42,46)(H,43,48)/t25-,27?,30+,31+,39-/m1/s1. The number of hydrogen-bond acceptors (Lipinski definition) is 13. The molecule has 2 aromatic rings. The maximum Gasteiger partial charge on any atom is 0.408 e. The fourth-order valence-corrected chi connectivity index (χ4v) is 8.85. The molecule has 4 fully saturated rings. The van der Waals surface area contributed by atoms with Gasteiger partial charge in [0.1, 0.15) is 40.9 Å². The number of sulfonamides is 1. The molecule has 5 aliphatic rings. The van der Waals surface area contributed by atoms with Gasteiger partial charge in [0, 0.05) is 43.8 Å². The summed E-state index contributed by atoms with van der Waals surface area (Å²) in [5.41, 5.74) is -2.40. The number of amides is 4. The van der Waals surface area contributed by atoms with Gasteiger partial charge in [-0.05, 0) is 76.1 Å². The molecule has 2 aliphatic carbocycles. The third-order valence-electron chi connectivity index (χ3n) is 10.8. The second-order valence-corrected chi connectivity index (χ2v) is 18.2. The summed E-state index contributed by atoms with van der Waals surface area (Å²) in [7, 11) is -2.34. The zero-order valence-electron chi connectivity index (χ0n) is 32.8. The lowest BCUT2D eigenvalue weighted by Gasteiger charge is -2.30. The van der Waals surface area contributed by atoms with Crippen molar-refractivity contribution in [2.45, 2.75) is 93.9 Å². The van der Waals surface area contributed by atoms with Crippen LogP contribution in [0.3, 0.4) is 0 Å². The van der Waals surface area contributed by atoms with Gasteiger partial charge in [0.2, 0.25) is 27.7 Å². The van der Waals surface area contributed by atoms with E-state index in [0.29, 0.717) is 68.4 Å². The number of methoxy groups -OCH3 is 1. The smallest absolute Gasteiger partial charge is 0.408 e. The third-order valence-corrected chi connectivity index (χ3v) is 12.6. The number of benzene rings is 1. The van der Waals surface area contributed by atoms with Crippen molar-refractivity contribution in [3.63, 3.8) is 0 Å². The second kappa shape index (κ2) is 16.3. The number of nitrogens with zero attached hydrogens (tertiary/aromatic N) is 3. The summed E-state index contributed by atoms with van der Waals surface area (Å²) in [6.45, 7) is 7.79. The van der Waals surface area contributed by atoms with E-state index in [-0.39, 0.29) is 39.0 Å². The number of anilines is 1. The van der Waals surface area contributed by atoms with Crippen molar-refractivity contribution < 1.29 is 51.3 Å². The van der Waals surface area contributed by atoms with Crippen LogP contribution in [0.5, 0.6) is 11.6 Å². The van der Waals surface area contributed by atoms with Crippen LogP contribution in [0, 0.1) is 5.92 Å². The normalized spacial score (nSPS) is 27.3. The Kier molecular flexibility index (Phi) is 11.6. The van der Waals surface area contributed by atoms with Crippen LogP contribution in [0.15, 0.2) is 36.4 Å². The van der Waals surface area contributed by atoms with Crippen molar-refractivity contribution in [3.8, 4) is 11.6 Å². The van der Waals surface area contributed by atoms with Crippen molar-refractivity contribution in [3.05, 3.63) is 36.4 Å². The summed E-state index contributed by atoms with van der Waals surface area (Å²) in [5, 5.41) is 6.40. The topological polar surface area (TPSA) is 204 Å². The Bertz CT molecular complexity index is 2010. The number of nitrogens with one attached hydrogen (secondary N) is 3. The Balaban J connectivity index is 1.21. The van der Waals surface area contributed by atoms with Crippen molar-refractivity contribution in [2.75, 3.05) is 58.1 Å². The summed E-state index contributed by atoms with van der Waals surface area (Å²) in [4.78, 5) is 64.2. The average molecular weight is 813 g/mol. The van der Waals surface area contributed by atoms with Gasteiger partial charge in [-0.3, -0.25) is 19.1 Å². The maximum absolute atomic E-state index is 14.6. The van der Waals surface area contributed by atoms with Crippen LogP contribution >= 0.6 is 0 Å². The van der Waals surface area contributed by atoms with Crippen LogP contribution in [-0.2, 0) is 38.6 Å². The zero-order chi connectivity index (χ0) is 40.5. The van der Waals surface area contributed by atoms with E-state index in [1.807, 2.05) is 24.3 Å². The summed E-state index contributed by atoms with van der Waals surface area (Å²) in [5.74, 6) is -0.938. The number of fused-ring (bicyclic) bond motifs is 3. The summed E-state index contributed by atoms with van der Waals surface area (Å²) >= 11 is 0. The summed E-state index contributed by atoms with van der Waals surface area (Å²) in [6.07, 6.45) is 3.69. The quantitative estimate of drug-likeness (QED) is 0.328. The molecule has 4 heterocycles. The molecule has 2 saturated heterocycles. The Labute approximate surface area is 332 Å². The van der Waals surface area contributed by atoms with Gasteiger partial charge < -0.3 is 44.1 Å². The van der Waals surface area contributed by atoms with Crippen molar-refractivity contribution >= 4 is 50.4 Å². The van der Waals surface area contributed by atoms with Crippen LogP contribution in [0.4, 0.5) is 10.6 Å². The summed E-state index contributed by atoms with van der Waals surface area (Å²) < 4.78 is 57.0. The van der Waals surface area contributed by atoms with E-state index in [1.165, 1.54) is 4.90 Å². The first-order valence-corrected chi connectivity index (χ1v) is 21.1. The van der Waals surface area contributed by atoms with Gasteiger partial charge in [-0.2, -0.15) is 4.98 Å². The minimum atomic E-state index is -3.92. The Hall–Kier alpha value is -4.68. The molecule has 1 unspecified atom stereocenters. The predicted molar refractivity (Wildman–Crippen MR) is 207 cm³/mol. The van der Waals surface area contributed by atoms with Crippen LogP contribution in [-0.4, -0.2) is 130 Å². The molecule has 3 N–H and O–H groups in total. The first-order chi connectivity index (χ1) is 27.2. The van der Waals surface area contributed by atoms with Gasteiger partial charge in [0.25, 0.3) is 5.91 Å². The molecule has 0 spiro atoms. The lowest BCUT2D eigenvalue weighted by Crippen LogP contribution is -2.58. The molecule has 5 atom stereocenters. The van der Waals surface area contributed by atoms with Gasteiger partial charge in [-0.1, -0.05) is 12.2 Å². The fraction of sp³-hybridized carbons (Fsp3) is 0.615. The van der Waals surface area contributed by atoms with Gasteiger partial charge in [0.05, 0.1) is 38.7 Å². The highest BCUT2D eigenvalue weighted by molar-refractivity contribution is 7.91. The Morgan fingerprint density at radius 3 is 2.51 bits per heavy atom. The highest BCUT2D eigenvalue weighted by Crippen LogP contribution is 2.46. The average Bonchev–Trinajstić information content (AvgIpc) is 4.09. The number of carbonyl (C=O) groups is 4. The molecule has 3 aliphatic heterocycles. The number of carbonyl (C=O) groups excluding carboxylic acids is 4. The minimum Gasteiger partial charge on any atom is -0.497 e. The monoisotopic (exact) mass is 812 g/mol. The lowest BCUT2D eigenvalue weighted by atomic mass is 10.1. The maximum atomic E-state index is 14.6. The molecular weight excluding hydrogens is 761 g/mol. The van der Waals surface area contributed by atoms with E-state index in [9.17, 15) is 27.6 Å². The first-order valence-electron chi connectivity index (χ1n) is 19.6. The molecule has 7 rings (SSSR count). The second-order valence-electron chi connectivity index (χ2n) is 16.2.